The van der Waals surface area contributed by atoms with Crippen LogP contribution in [0.1, 0.15) is 33.6 Å². The highest BCUT2D eigenvalue weighted by Gasteiger charge is 2.54. The second-order valence-electron chi connectivity index (χ2n) is 4.94. The molecule has 2 bridgehead atoms. The number of fused-ring (bicyclic) bond motifs is 2. The van der Waals surface area contributed by atoms with E-state index in [0.29, 0.717) is 5.41 Å². The Morgan fingerprint density at radius 2 is 2.23 bits per heavy atom. The molecule has 0 nitrogen and oxygen atoms in total. The maximum atomic E-state index is 2.43. The second kappa shape index (κ2) is 3.29. The Labute approximate surface area is 83.1 Å². The molecule has 2 unspecified atom stereocenters. The molecular weight excluding hydrogens is 156 g/mol. The van der Waals surface area contributed by atoms with Crippen LogP contribution in [0.5, 0.6) is 0 Å². The van der Waals surface area contributed by atoms with E-state index in [1.165, 1.54) is 12.8 Å². The fraction of sp³-hybridized carbons (Fsp3) is 0.615. The van der Waals surface area contributed by atoms with Gasteiger partial charge >= 0.3 is 0 Å². The Kier molecular flexibility index (Phi) is 2.42. The van der Waals surface area contributed by atoms with Gasteiger partial charge in [0.05, 0.1) is 0 Å². The second-order valence-corrected chi connectivity index (χ2v) is 4.94. The molecule has 0 saturated heterocycles. The van der Waals surface area contributed by atoms with E-state index in [2.05, 4.69) is 46.5 Å². The number of hydrogen-bond acceptors (Lipinski definition) is 0. The zero-order chi connectivity index (χ0) is 9.47. The van der Waals surface area contributed by atoms with E-state index in [4.69, 9.17) is 0 Å². The van der Waals surface area contributed by atoms with Crippen LogP contribution in [0.3, 0.4) is 0 Å². The lowest BCUT2D eigenvalue weighted by Crippen LogP contribution is -2.51. The molecule has 3 saturated carbocycles. The Balaban J connectivity index is 1.91. The predicted molar refractivity (Wildman–Crippen MR) is 56.1 cm³/mol. The van der Waals surface area contributed by atoms with Crippen LogP contribution in [-0.2, 0) is 0 Å². The number of unbranched alkanes of at least 4 members (excludes halogenated alkanes) is 1. The summed E-state index contributed by atoms with van der Waals surface area (Å²) in [5.74, 6) is 3.37. The van der Waals surface area contributed by atoms with Gasteiger partial charge in [-0.3, -0.25) is 0 Å². The summed E-state index contributed by atoms with van der Waals surface area (Å²) >= 11 is 0. The smallest absolute Gasteiger partial charge is 0.0134 e. The maximum absolute atomic E-state index is 2.43. The minimum absolute atomic E-state index is 0.572. The van der Waals surface area contributed by atoms with Gasteiger partial charge in [-0.2, -0.15) is 0 Å². The number of hydrogen-bond donors (Lipinski definition) is 0. The van der Waals surface area contributed by atoms with Crippen LogP contribution in [-0.4, -0.2) is 0 Å². The molecule has 3 aliphatic rings. The molecule has 0 aromatic heterocycles. The van der Waals surface area contributed by atoms with Crippen molar-refractivity contribution in [2.75, 3.05) is 0 Å². The molecule has 71 valence electrons. The molecule has 13 heavy (non-hydrogen) atoms. The first-order chi connectivity index (χ1) is 6.16. The summed E-state index contributed by atoms with van der Waals surface area (Å²) in [6.07, 6.45) is 11.7. The standard InChI is InChI=1S/C13H19/c1-4-5-6-10-7-8-11-9-12(10)13(11,2)3/h4-7,11-12H,8-9H2,1-3H3. The van der Waals surface area contributed by atoms with Gasteiger partial charge in [0.2, 0.25) is 0 Å². The molecular formula is C13H19. The SMILES string of the molecule is C[CH][CH][CH][C]1[CH]CC2CC1C2(C)C. The van der Waals surface area contributed by atoms with Crippen molar-refractivity contribution in [3.8, 4) is 0 Å². The molecule has 0 heterocycles. The fourth-order valence-corrected chi connectivity index (χ4v) is 2.79. The van der Waals surface area contributed by atoms with E-state index in [9.17, 15) is 0 Å². The van der Waals surface area contributed by atoms with E-state index >= 15 is 0 Å². The Hall–Kier alpha value is 0. The first-order valence-corrected chi connectivity index (χ1v) is 5.32. The lowest BCUT2D eigenvalue weighted by molar-refractivity contribution is -0.0272. The summed E-state index contributed by atoms with van der Waals surface area (Å²) < 4.78 is 0. The third-order valence-corrected chi connectivity index (χ3v) is 3.99. The molecule has 2 atom stereocenters. The maximum Gasteiger partial charge on any atom is -0.0134 e. The van der Waals surface area contributed by atoms with Gasteiger partial charge in [0.1, 0.15) is 0 Å². The van der Waals surface area contributed by atoms with Crippen molar-refractivity contribution in [1.29, 1.82) is 0 Å². The topological polar surface area (TPSA) is 0 Å². The fourth-order valence-electron chi connectivity index (χ4n) is 2.79. The van der Waals surface area contributed by atoms with Crippen LogP contribution in [0.2, 0.25) is 0 Å². The lowest BCUT2D eigenvalue weighted by atomic mass is 9.45. The summed E-state index contributed by atoms with van der Waals surface area (Å²) in [5, 5.41) is 0. The van der Waals surface area contributed by atoms with Crippen LogP contribution in [0.4, 0.5) is 0 Å². The molecule has 3 aliphatic carbocycles. The normalized spacial score (nSPS) is 37.2. The zero-order valence-corrected chi connectivity index (χ0v) is 8.88. The molecule has 0 aromatic rings. The van der Waals surface area contributed by atoms with Gasteiger partial charge in [-0.25, -0.2) is 0 Å². The van der Waals surface area contributed by atoms with E-state index in [1.807, 2.05) is 0 Å². The Morgan fingerprint density at radius 1 is 1.46 bits per heavy atom. The molecule has 0 heteroatoms. The van der Waals surface area contributed by atoms with Crippen LogP contribution >= 0.6 is 0 Å². The van der Waals surface area contributed by atoms with E-state index in [0.717, 1.165) is 11.8 Å². The van der Waals surface area contributed by atoms with Crippen molar-refractivity contribution < 1.29 is 0 Å². The molecule has 5 radical (unpaired) electrons. The van der Waals surface area contributed by atoms with Gasteiger partial charge < -0.3 is 0 Å². The average Bonchev–Trinajstić information content (AvgIpc) is 2.14. The monoisotopic (exact) mass is 175 g/mol. The minimum atomic E-state index is 0.572. The van der Waals surface area contributed by atoms with Crippen LogP contribution in [0.15, 0.2) is 0 Å². The predicted octanol–water partition coefficient (Wildman–Crippen LogP) is 3.46. The van der Waals surface area contributed by atoms with E-state index in [-0.39, 0.29) is 0 Å². The van der Waals surface area contributed by atoms with Crippen molar-refractivity contribution >= 4 is 0 Å². The summed E-state index contributed by atoms with van der Waals surface area (Å²) in [6.45, 7) is 6.92. The van der Waals surface area contributed by atoms with Crippen LogP contribution in [0, 0.1) is 48.9 Å². The summed E-state index contributed by atoms with van der Waals surface area (Å²) in [6, 6.07) is 0. The van der Waals surface area contributed by atoms with Gasteiger partial charge in [-0.1, -0.05) is 20.8 Å². The van der Waals surface area contributed by atoms with Crippen molar-refractivity contribution in [3.05, 3.63) is 31.6 Å². The summed E-state index contributed by atoms with van der Waals surface area (Å²) in [4.78, 5) is 0. The highest BCUT2D eigenvalue weighted by molar-refractivity contribution is 5.32. The van der Waals surface area contributed by atoms with Gasteiger partial charge in [0, 0.05) is 0 Å². The first-order valence-electron chi connectivity index (χ1n) is 5.32. The molecule has 0 N–H and O–H groups in total. The molecule has 0 amide bonds. The van der Waals surface area contributed by atoms with Gasteiger partial charge in [0.25, 0.3) is 0 Å². The third kappa shape index (κ3) is 1.43. The van der Waals surface area contributed by atoms with Crippen molar-refractivity contribution in [3.63, 3.8) is 0 Å². The van der Waals surface area contributed by atoms with Crippen molar-refractivity contribution in [2.45, 2.75) is 33.6 Å². The zero-order valence-electron chi connectivity index (χ0n) is 8.88. The van der Waals surface area contributed by atoms with Crippen molar-refractivity contribution in [1.82, 2.24) is 0 Å². The minimum Gasteiger partial charge on any atom is -0.0620 e. The molecule has 0 spiro atoms. The quantitative estimate of drug-likeness (QED) is 0.616. The average molecular weight is 175 g/mol. The lowest BCUT2D eigenvalue weighted by Gasteiger charge is -2.60. The first kappa shape index (κ1) is 9.55. The van der Waals surface area contributed by atoms with Crippen LogP contribution < -0.4 is 0 Å². The molecule has 3 fully saturated rings. The highest BCUT2D eigenvalue weighted by atomic mass is 14.6. The molecule has 3 rings (SSSR count). The highest BCUT2D eigenvalue weighted by Crippen LogP contribution is 2.62. The van der Waals surface area contributed by atoms with E-state index in [1.54, 1.807) is 5.92 Å². The summed E-state index contributed by atoms with van der Waals surface area (Å²) in [5.41, 5.74) is 0.572. The van der Waals surface area contributed by atoms with Crippen LogP contribution in [0.25, 0.3) is 0 Å². The number of rotatable bonds is 3. The van der Waals surface area contributed by atoms with E-state index < -0.39 is 0 Å². The van der Waals surface area contributed by atoms with Gasteiger partial charge in [-0.05, 0) is 61.7 Å². The van der Waals surface area contributed by atoms with Crippen molar-refractivity contribution in [2.24, 2.45) is 17.3 Å². The molecule has 0 aromatic carbocycles. The van der Waals surface area contributed by atoms with Gasteiger partial charge in [0.15, 0.2) is 0 Å². The van der Waals surface area contributed by atoms with Gasteiger partial charge in [-0.15, -0.1) is 0 Å². The molecule has 0 aliphatic heterocycles. The largest absolute Gasteiger partial charge is 0.0620 e. The Bertz CT molecular complexity index is 178. The summed E-state index contributed by atoms with van der Waals surface area (Å²) in [7, 11) is 0. The third-order valence-electron chi connectivity index (χ3n) is 3.99. The Morgan fingerprint density at radius 3 is 2.77 bits per heavy atom.